The maximum atomic E-state index is 6.84. The van der Waals surface area contributed by atoms with Gasteiger partial charge in [-0.3, -0.25) is 0 Å². The molecule has 0 amide bonds. The molecule has 1 atom stereocenters. The Balaban J connectivity index is 1.23. The van der Waals surface area contributed by atoms with Crippen molar-refractivity contribution in [2.24, 2.45) is 0 Å². The van der Waals surface area contributed by atoms with E-state index in [-0.39, 0.29) is 0 Å². The molecule has 54 heavy (non-hydrogen) atoms. The first-order valence-corrected chi connectivity index (χ1v) is 21.6. The van der Waals surface area contributed by atoms with Gasteiger partial charge in [0.1, 0.15) is 19.2 Å². The van der Waals surface area contributed by atoms with E-state index in [4.69, 9.17) is 4.42 Å². The van der Waals surface area contributed by atoms with Gasteiger partial charge in [-0.1, -0.05) is 189 Å². The quantitative estimate of drug-likeness (QED) is 0.124. The molecule has 2 heteroatoms. The Hall–Kier alpha value is -6.22. The van der Waals surface area contributed by atoms with Gasteiger partial charge < -0.3 is 4.42 Å². The van der Waals surface area contributed by atoms with Crippen molar-refractivity contribution in [3.05, 3.63) is 182 Å². The summed E-state index contributed by atoms with van der Waals surface area (Å²) in [7, 11) is -2.31. The number of hydrogen-bond donors (Lipinski definition) is 0. The highest BCUT2D eigenvalue weighted by atomic mass is 28.3. The van der Waals surface area contributed by atoms with Gasteiger partial charge in [-0.2, -0.15) is 0 Å². The fourth-order valence-corrected chi connectivity index (χ4v) is 12.5. The van der Waals surface area contributed by atoms with Crippen molar-refractivity contribution in [2.75, 3.05) is 0 Å². The summed E-state index contributed by atoms with van der Waals surface area (Å²) in [6.45, 7) is 7.32. The Kier molecular flexibility index (Phi) is 7.64. The average molecular weight is 709 g/mol. The van der Waals surface area contributed by atoms with Gasteiger partial charge >= 0.3 is 0 Å². The zero-order chi connectivity index (χ0) is 36.4. The Bertz CT molecular complexity index is 2970. The molecule has 0 aliphatic carbocycles. The molecule has 0 fully saturated rings. The molecular formula is C52H40OSi. The smallest absolute Gasteiger partial charge is 0.135 e. The summed E-state index contributed by atoms with van der Waals surface area (Å²) < 4.78 is 6.84. The first-order chi connectivity index (χ1) is 26.5. The third kappa shape index (κ3) is 5.05. The van der Waals surface area contributed by atoms with Gasteiger partial charge in [0.25, 0.3) is 0 Å². The zero-order valence-corrected chi connectivity index (χ0v) is 31.8. The summed E-state index contributed by atoms with van der Waals surface area (Å²) in [5, 5.41) is 12.7. The van der Waals surface area contributed by atoms with Gasteiger partial charge in [0.15, 0.2) is 0 Å². The normalized spacial score (nSPS) is 13.0. The molecule has 0 saturated carbocycles. The minimum atomic E-state index is -2.31. The van der Waals surface area contributed by atoms with Crippen LogP contribution in [0.1, 0.15) is 13.8 Å². The van der Waals surface area contributed by atoms with E-state index in [1.807, 2.05) is 0 Å². The van der Waals surface area contributed by atoms with Gasteiger partial charge in [0.05, 0.1) is 0 Å². The summed E-state index contributed by atoms with van der Waals surface area (Å²) >= 11 is 0. The minimum absolute atomic E-state index is 0.444. The maximum Gasteiger partial charge on any atom is 0.135 e. The predicted octanol–water partition coefficient (Wildman–Crippen LogP) is 13.6. The molecule has 0 spiro atoms. The number of fused-ring (bicyclic) bond motifs is 6. The first kappa shape index (κ1) is 32.4. The third-order valence-electron chi connectivity index (χ3n) is 12.0. The summed E-state index contributed by atoms with van der Waals surface area (Å²) in [5.74, 6) is 0. The van der Waals surface area contributed by atoms with Crippen LogP contribution in [0, 0.1) is 0 Å². The molecule has 1 aromatic heterocycles. The lowest BCUT2D eigenvalue weighted by atomic mass is 9.85. The lowest BCUT2D eigenvalue weighted by Crippen LogP contribution is -2.58. The molecule has 1 unspecified atom stereocenters. The van der Waals surface area contributed by atoms with Crippen LogP contribution in [-0.4, -0.2) is 8.07 Å². The Labute approximate surface area is 317 Å². The molecule has 1 heterocycles. The van der Waals surface area contributed by atoms with Crippen molar-refractivity contribution in [3.8, 4) is 33.4 Å². The average Bonchev–Trinajstić information content (AvgIpc) is 3.61. The van der Waals surface area contributed by atoms with Crippen molar-refractivity contribution < 1.29 is 4.42 Å². The molecular weight excluding hydrogens is 669 g/mol. The number of furan rings is 1. The van der Waals surface area contributed by atoms with E-state index >= 15 is 0 Å². The Morgan fingerprint density at radius 2 is 0.926 bits per heavy atom. The van der Waals surface area contributed by atoms with Gasteiger partial charge in [-0.05, 0) is 94.6 Å². The number of rotatable bonds is 6. The molecule has 1 nitrogen and oxygen atoms in total. The molecule has 0 N–H and O–H groups in total. The highest BCUT2D eigenvalue weighted by Crippen LogP contribution is 2.45. The van der Waals surface area contributed by atoms with E-state index in [1.165, 1.54) is 86.8 Å². The topological polar surface area (TPSA) is 13.1 Å². The van der Waals surface area contributed by atoms with Crippen LogP contribution in [-0.2, 0) is 0 Å². The Morgan fingerprint density at radius 3 is 1.57 bits per heavy atom. The van der Waals surface area contributed by atoms with E-state index < -0.39 is 8.07 Å². The van der Waals surface area contributed by atoms with Crippen molar-refractivity contribution in [2.45, 2.75) is 25.9 Å². The van der Waals surface area contributed by atoms with Crippen LogP contribution >= 0.6 is 0 Å². The summed E-state index contributed by atoms with van der Waals surface area (Å²) in [6.07, 6.45) is 0. The van der Waals surface area contributed by atoms with Crippen molar-refractivity contribution in [1.82, 2.24) is 0 Å². The summed E-state index contributed by atoms with van der Waals surface area (Å²) in [4.78, 5) is 0. The molecule has 0 saturated heterocycles. The van der Waals surface area contributed by atoms with E-state index in [1.54, 1.807) is 0 Å². The SMILES string of the molecule is CC(C)[Si](C)(c1ccccc1)c1cc(-c2c3ccccc3c(-c3ccc(-c4ccc5ccccc5c4)cc3)c3ccccc23)cc2c1oc1ccccc12. The predicted molar refractivity (Wildman–Crippen MR) is 235 cm³/mol. The van der Waals surface area contributed by atoms with Crippen LogP contribution in [0.2, 0.25) is 12.1 Å². The fourth-order valence-electron chi connectivity index (χ4n) is 8.89. The van der Waals surface area contributed by atoms with E-state index in [0.717, 1.165) is 11.2 Å². The van der Waals surface area contributed by atoms with E-state index in [0.29, 0.717) is 5.54 Å². The van der Waals surface area contributed by atoms with Crippen molar-refractivity contribution in [3.63, 3.8) is 0 Å². The monoisotopic (exact) mass is 708 g/mol. The number of hydrogen-bond acceptors (Lipinski definition) is 1. The Morgan fingerprint density at radius 1 is 0.407 bits per heavy atom. The highest BCUT2D eigenvalue weighted by molar-refractivity contribution is 7.03. The maximum absolute atomic E-state index is 6.84. The van der Waals surface area contributed by atoms with Gasteiger partial charge in [0.2, 0.25) is 0 Å². The van der Waals surface area contributed by atoms with Crippen LogP contribution in [0.4, 0.5) is 0 Å². The van der Waals surface area contributed by atoms with Crippen molar-refractivity contribution in [1.29, 1.82) is 0 Å². The standard InChI is InChI=1S/C52H40OSi/c1-34(2)54(3,41-17-5-4-6-18-41)49-33-40(32-47-42-19-13-14-24-48(42)53-52(47)49)51-45-22-11-9-20-43(45)50(44-21-10-12-23-46(44)51)37-28-25-36(26-29-37)39-30-27-35-15-7-8-16-38(35)31-39/h4-34H,1-3H3. The molecule has 10 rings (SSSR count). The zero-order valence-electron chi connectivity index (χ0n) is 30.8. The molecule has 10 aromatic rings. The third-order valence-corrected chi connectivity index (χ3v) is 17.4. The van der Waals surface area contributed by atoms with Crippen LogP contribution in [0.5, 0.6) is 0 Å². The summed E-state index contributed by atoms with van der Waals surface area (Å²) in [6, 6.07) is 67.1. The minimum Gasteiger partial charge on any atom is -0.456 e. The highest BCUT2D eigenvalue weighted by Gasteiger charge is 2.38. The van der Waals surface area contributed by atoms with Crippen LogP contribution in [0.15, 0.2) is 186 Å². The number of benzene rings is 9. The van der Waals surface area contributed by atoms with E-state index in [9.17, 15) is 0 Å². The second-order valence-electron chi connectivity index (χ2n) is 15.2. The lowest BCUT2D eigenvalue weighted by molar-refractivity contribution is 0.671. The molecule has 258 valence electrons. The van der Waals surface area contributed by atoms with Gasteiger partial charge in [-0.25, -0.2) is 0 Å². The summed E-state index contributed by atoms with van der Waals surface area (Å²) in [5.41, 5.74) is 9.88. The number of para-hydroxylation sites is 1. The second-order valence-corrected chi connectivity index (χ2v) is 19.9. The molecule has 0 aliphatic heterocycles. The van der Waals surface area contributed by atoms with Gasteiger partial charge in [0, 0.05) is 10.8 Å². The molecule has 0 bridgehead atoms. The fraction of sp³-hybridized carbons (Fsp3) is 0.0769. The van der Waals surface area contributed by atoms with Crippen LogP contribution in [0.25, 0.3) is 87.6 Å². The largest absolute Gasteiger partial charge is 0.456 e. The molecule has 0 aliphatic rings. The van der Waals surface area contributed by atoms with E-state index in [2.05, 4.69) is 202 Å². The molecule has 0 radical (unpaired) electrons. The lowest BCUT2D eigenvalue weighted by Gasteiger charge is -2.33. The first-order valence-electron chi connectivity index (χ1n) is 19.0. The van der Waals surface area contributed by atoms with Crippen LogP contribution in [0.3, 0.4) is 0 Å². The second kappa shape index (κ2) is 12.7. The van der Waals surface area contributed by atoms with Crippen molar-refractivity contribution >= 4 is 72.7 Å². The van der Waals surface area contributed by atoms with Crippen LogP contribution < -0.4 is 10.4 Å². The molecule has 9 aromatic carbocycles. The van der Waals surface area contributed by atoms with Gasteiger partial charge in [-0.15, -0.1) is 0 Å².